The van der Waals surface area contributed by atoms with Gasteiger partial charge in [0.15, 0.2) is 0 Å². The predicted molar refractivity (Wildman–Crippen MR) is 68.1 cm³/mol. The van der Waals surface area contributed by atoms with Crippen LogP contribution in [0.15, 0.2) is 18.2 Å². The van der Waals surface area contributed by atoms with E-state index in [1.165, 1.54) is 6.07 Å². The van der Waals surface area contributed by atoms with Gasteiger partial charge in [-0.3, -0.25) is 0 Å². The molecule has 18 heavy (non-hydrogen) atoms. The Hall–Kier alpha value is -0.670. The lowest BCUT2D eigenvalue weighted by molar-refractivity contribution is 0.0893. The molecule has 0 radical (unpaired) electrons. The topological polar surface area (TPSA) is 12.0 Å². The second-order valence-electron chi connectivity index (χ2n) is 5.62. The van der Waals surface area contributed by atoms with Crippen LogP contribution in [0.5, 0.6) is 0 Å². The minimum Gasteiger partial charge on any atom is -0.311 e. The van der Waals surface area contributed by atoms with Gasteiger partial charge in [0.05, 0.1) is 5.02 Å². The highest BCUT2D eigenvalue weighted by atomic mass is 35.5. The number of rotatable bonds is 2. The maximum Gasteiger partial charge on any atom is 0.141 e. The van der Waals surface area contributed by atoms with Crippen molar-refractivity contribution in [3.8, 4) is 0 Å². The Labute approximate surface area is 111 Å². The molecule has 4 heteroatoms. The summed E-state index contributed by atoms with van der Waals surface area (Å²) >= 11 is 5.74. The smallest absolute Gasteiger partial charge is 0.141 e. The van der Waals surface area contributed by atoms with Crippen molar-refractivity contribution >= 4 is 11.6 Å². The highest BCUT2D eigenvalue weighted by Gasteiger charge is 2.43. The molecule has 2 saturated heterocycles. The second kappa shape index (κ2) is 4.46. The molecule has 2 fully saturated rings. The molecule has 2 atom stereocenters. The van der Waals surface area contributed by atoms with Gasteiger partial charge in [-0.2, -0.15) is 0 Å². The lowest BCUT2D eigenvalue weighted by Gasteiger charge is -2.35. The van der Waals surface area contributed by atoms with Gasteiger partial charge in [-0.1, -0.05) is 17.7 Å². The average Bonchev–Trinajstić information content (AvgIpc) is 2.64. The highest BCUT2D eigenvalue weighted by Crippen LogP contribution is 2.39. The largest absolute Gasteiger partial charge is 0.311 e. The maximum absolute atomic E-state index is 14.9. The molecule has 0 spiro atoms. The maximum atomic E-state index is 14.9. The van der Waals surface area contributed by atoms with Crippen molar-refractivity contribution in [1.29, 1.82) is 0 Å². The third kappa shape index (κ3) is 2.39. The van der Waals surface area contributed by atoms with Gasteiger partial charge in [-0.15, -0.1) is 0 Å². The van der Waals surface area contributed by atoms with Gasteiger partial charge in [0.1, 0.15) is 11.5 Å². The van der Waals surface area contributed by atoms with E-state index in [4.69, 9.17) is 11.6 Å². The molecule has 0 amide bonds. The molecular weight excluding hydrogens is 256 g/mol. The van der Waals surface area contributed by atoms with Crippen molar-refractivity contribution in [1.82, 2.24) is 5.32 Å². The normalized spacial score (nSPS) is 34.8. The van der Waals surface area contributed by atoms with Gasteiger partial charge in [0, 0.05) is 18.5 Å². The number of nitrogens with one attached hydrogen (secondary N) is 1. The number of halogens is 3. The first-order chi connectivity index (χ1) is 8.54. The zero-order valence-electron chi connectivity index (χ0n) is 10.1. The minimum absolute atomic E-state index is 0.0769. The molecule has 0 saturated carbocycles. The monoisotopic (exact) mass is 271 g/mol. The van der Waals surface area contributed by atoms with Gasteiger partial charge in [-0.05, 0) is 43.4 Å². The fourth-order valence-corrected chi connectivity index (χ4v) is 3.55. The lowest BCUT2D eigenvalue weighted by atomic mass is 9.84. The zero-order chi connectivity index (χ0) is 12.8. The van der Waals surface area contributed by atoms with E-state index in [1.54, 1.807) is 12.1 Å². The van der Waals surface area contributed by atoms with Gasteiger partial charge >= 0.3 is 0 Å². The van der Waals surface area contributed by atoms with Crippen LogP contribution in [-0.2, 0) is 6.42 Å². The predicted octanol–water partition coefficient (Wildman–Crippen LogP) is 3.64. The quantitative estimate of drug-likeness (QED) is 0.866. The average molecular weight is 272 g/mol. The number of hydrogen-bond donors (Lipinski definition) is 1. The number of benzene rings is 1. The summed E-state index contributed by atoms with van der Waals surface area (Å²) in [7, 11) is 0. The van der Waals surface area contributed by atoms with Crippen molar-refractivity contribution in [3.05, 3.63) is 34.6 Å². The minimum atomic E-state index is -1.17. The van der Waals surface area contributed by atoms with Crippen LogP contribution in [0.2, 0.25) is 5.02 Å². The Kier molecular flexibility index (Phi) is 3.07. The van der Waals surface area contributed by atoms with Crippen LogP contribution >= 0.6 is 11.6 Å². The highest BCUT2D eigenvalue weighted by molar-refractivity contribution is 6.30. The van der Waals surface area contributed by atoms with Gasteiger partial charge in [-0.25, -0.2) is 8.78 Å². The number of alkyl halides is 1. The van der Waals surface area contributed by atoms with E-state index in [9.17, 15) is 8.78 Å². The molecule has 2 unspecified atom stereocenters. The first-order valence-corrected chi connectivity index (χ1v) is 6.81. The summed E-state index contributed by atoms with van der Waals surface area (Å²) in [6, 6.07) is 5.11. The van der Waals surface area contributed by atoms with Gasteiger partial charge in [0.25, 0.3) is 0 Å². The Bertz CT molecular complexity index is 451. The van der Waals surface area contributed by atoms with Crippen molar-refractivity contribution in [2.24, 2.45) is 0 Å². The van der Waals surface area contributed by atoms with E-state index in [0.717, 1.165) is 18.4 Å². The summed E-state index contributed by atoms with van der Waals surface area (Å²) < 4.78 is 27.9. The number of fused-ring (bicyclic) bond motifs is 2. The van der Waals surface area contributed by atoms with E-state index in [1.807, 2.05) is 0 Å². The summed E-state index contributed by atoms with van der Waals surface area (Å²) in [5.41, 5.74) is -0.386. The summed E-state index contributed by atoms with van der Waals surface area (Å²) in [5.74, 6) is -0.446. The van der Waals surface area contributed by atoms with Crippen LogP contribution in [0.3, 0.4) is 0 Å². The molecular formula is C14H16ClF2N. The van der Waals surface area contributed by atoms with Crippen LogP contribution in [0.25, 0.3) is 0 Å². The molecule has 2 bridgehead atoms. The molecule has 98 valence electrons. The first kappa shape index (κ1) is 12.4. The molecule has 1 aromatic carbocycles. The first-order valence-electron chi connectivity index (χ1n) is 6.43. The molecule has 2 heterocycles. The summed E-state index contributed by atoms with van der Waals surface area (Å²) in [6.07, 6.45) is 3.58. The third-order valence-corrected chi connectivity index (χ3v) is 4.35. The van der Waals surface area contributed by atoms with Gasteiger partial charge in [0.2, 0.25) is 0 Å². The molecule has 1 nitrogen and oxygen atoms in total. The third-order valence-electron chi connectivity index (χ3n) is 4.06. The van der Waals surface area contributed by atoms with Crippen LogP contribution in [0.1, 0.15) is 31.2 Å². The molecule has 1 aromatic rings. The zero-order valence-corrected chi connectivity index (χ0v) is 10.8. The van der Waals surface area contributed by atoms with Crippen molar-refractivity contribution in [3.63, 3.8) is 0 Å². The van der Waals surface area contributed by atoms with Crippen LogP contribution in [0.4, 0.5) is 8.78 Å². The molecule has 2 aliphatic rings. The van der Waals surface area contributed by atoms with E-state index < -0.39 is 11.5 Å². The van der Waals surface area contributed by atoms with Crippen LogP contribution in [-0.4, -0.2) is 17.8 Å². The standard InChI is InChI=1S/C14H16ClF2N/c15-12-5-9(1-4-13(12)16)6-14(17)7-10-2-3-11(8-14)18-10/h1,4-5,10-11,18H,2-3,6-8H2. The lowest BCUT2D eigenvalue weighted by Crippen LogP contribution is -2.47. The van der Waals surface area contributed by atoms with Gasteiger partial charge < -0.3 is 5.32 Å². The second-order valence-corrected chi connectivity index (χ2v) is 6.03. The fourth-order valence-electron chi connectivity index (χ4n) is 3.35. The Morgan fingerprint density at radius 3 is 2.56 bits per heavy atom. The van der Waals surface area contributed by atoms with Crippen LogP contribution < -0.4 is 5.32 Å². The van der Waals surface area contributed by atoms with Crippen LogP contribution in [0, 0.1) is 5.82 Å². The van der Waals surface area contributed by atoms with E-state index in [0.29, 0.717) is 31.3 Å². The van der Waals surface area contributed by atoms with Crippen molar-refractivity contribution in [2.45, 2.75) is 49.9 Å². The van der Waals surface area contributed by atoms with E-state index >= 15 is 0 Å². The Morgan fingerprint density at radius 2 is 1.94 bits per heavy atom. The summed E-state index contributed by atoms with van der Waals surface area (Å²) in [6.45, 7) is 0. The SMILES string of the molecule is Fc1ccc(CC2(F)CC3CCC(C2)N3)cc1Cl. The number of hydrogen-bond acceptors (Lipinski definition) is 1. The molecule has 0 aromatic heterocycles. The summed E-state index contributed by atoms with van der Waals surface area (Å²) in [5, 5.41) is 3.50. The van der Waals surface area contributed by atoms with E-state index in [-0.39, 0.29) is 5.02 Å². The molecule has 2 aliphatic heterocycles. The fraction of sp³-hybridized carbons (Fsp3) is 0.571. The van der Waals surface area contributed by atoms with Crippen molar-refractivity contribution < 1.29 is 8.78 Å². The van der Waals surface area contributed by atoms with Crippen molar-refractivity contribution in [2.75, 3.05) is 0 Å². The molecule has 1 N–H and O–H groups in total. The Morgan fingerprint density at radius 1 is 1.28 bits per heavy atom. The molecule has 0 aliphatic carbocycles. The molecule has 3 rings (SSSR count). The summed E-state index contributed by atoms with van der Waals surface area (Å²) in [4.78, 5) is 0. The number of piperidine rings is 1. The Balaban J connectivity index is 1.77. The van der Waals surface area contributed by atoms with E-state index in [2.05, 4.69) is 5.32 Å².